The summed E-state index contributed by atoms with van der Waals surface area (Å²) in [7, 11) is 0. The van der Waals surface area contributed by atoms with E-state index >= 15 is 0 Å². The van der Waals surface area contributed by atoms with Gasteiger partial charge in [0.1, 0.15) is 0 Å². The van der Waals surface area contributed by atoms with Gasteiger partial charge in [0.05, 0.1) is 6.07 Å². The minimum absolute atomic E-state index is 0.352. The molecule has 2 saturated heterocycles. The quantitative estimate of drug-likeness (QED) is 0.798. The van der Waals surface area contributed by atoms with Crippen molar-refractivity contribution < 1.29 is 4.74 Å². The standard InChI is InChI=1S/C15H18N2O/c1-12(13-5-3-2-4-6-13)17-9-14-7-8-18-15(14,10-16)11-17/h2-6,12,14H,7-9,11H2,1H3/t12-,14+,15-/m0/s1. The van der Waals surface area contributed by atoms with Gasteiger partial charge in [0, 0.05) is 31.7 Å². The van der Waals surface area contributed by atoms with Crippen molar-refractivity contribution in [3.05, 3.63) is 35.9 Å². The van der Waals surface area contributed by atoms with E-state index in [1.54, 1.807) is 0 Å². The fraction of sp³-hybridized carbons (Fsp3) is 0.533. The van der Waals surface area contributed by atoms with Crippen molar-refractivity contribution in [2.45, 2.75) is 25.0 Å². The predicted octanol–water partition coefficient (Wildman–Crippen LogP) is 2.36. The van der Waals surface area contributed by atoms with Gasteiger partial charge in [-0.25, -0.2) is 0 Å². The molecule has 3 atom stereocenters. The molecule has 0 radical (unpaired) electrons. The normalized spacial score (nSPS) is 33.0. The number of hydrogen-bond donors (Lipinski definition) is 0. The lowest BCUT2D eigenvalue weighted by Gasteiger charge is -2.26. The summed E-state index contributed by atoms with van der Waals surface area (Å²) in [6.07, 6.45) is 1.02. The van der Waals surface area contributed by atoms with E-state index < -0.39 is 5.60 Å². The number of ether oxygens (including phenoxy) is 1. The lowest BCUT2D eigenvalue weighted by atomic mass is 9.93. The van der Waals surface area contributed by atoms with Gasteiger partial charge < -0.3 is 4.74 Å². The van der Waals surface area contributed by atoms with E-state index in [4.69, 9.17) is 4.74 Å². The average Bonchev–Trinajstić information content (AvgIpc) is 2.95. The van der Waals surface area contributed by atoms with Crippen molar-refractivity contribution in [1.82, 2.24) is 4.90 Å². The third-order valence-electron chi connectivity index (χ3n) is 4.40. The molecule has 94 valence electrons. The molecule has 0 bridgehead atoms. The Balaban J connectivity index is 1.79. The molecule has 18 heavy (non-hydrogen) atoms. The van der Waals surface area contributed by atoms with Crippen molar-refractivity contribution in [1.29, 1.82) is 5.26 Å². The number of benzene rings is 1. The Hall–Kier alpha value is -1.37. The van der Waals surface area contributed by atoms with E-state index in [-0.39, 0.29) is 0 Å². The van der Waals surface area contributed by atoms with Gasteiger partial charge in [-0.3, -0.25) is 4.90 Å². The van der Waals surface area contributed by atoms with Gasteiger partial charge in [0.25, 0.3) is 0 Å². The molecule has 2 aliphatic heterocycles. The molecular weight excluding hydrogens is 224 g/mol. The van der Waals surface area contributed by atoms with Crippen molar-refractivity contribution in [3.8, 4) is 6.07 Å². The second-order valence-electron chi connectivity index (χ2n) is 5.35. The second kappa shape index (κ2) is 4.38. The Morgan fingerprint density at radius 2 is 2.22 bits per heavy atom. The fourth-order valence-corrected chi connectivity index (χ4v) is 3.19. The summed E-state index contributed by atoms with van der Waals surface area (Å²) in [6.45, 7) is 4.67. The molecule has 0 aromatic heterocycles. The molecule has 0 amide bonds. The molecule has 0 saturated carbocycles. The second-order valence-corrected chi connectivity index (χ2v) is 5.35. The average molecular weight is 242 g/mol. The molecular formula is C15H18N2O. The summed E-state index contributed by atoms with van der Waals surface area (Å²) < 4.78 is 5.73. The van der Waals surface area contributed by atoms with Crippen molar-refractivity contribution in [2.24, 2.45) is 5.92 Å². The van der Waals surface area contributed by atoms with Crippen LogP contribution in [0.4, 0.5) is 0 Å². The number of hydrogen-bond acceptors (Lipinski definition) is 3. The number of nitrogens with zero attached hydrogens (tertiary/aromatic N) is 2. The topological polar surface area (TPSA) is 36.3 Å². The lowest BCUT2D eigenvalue weighted by Crippen LogP contribution is -2.35. The van der Waals surface area contributed by atoms with Crippen LogP contribution in [-0.2, 0) is 4.74 Å². The Bertz CT molecular complexity index is 467. The summed E-state index contributed by atoms with van der Waals surface area (Å²) in [6, 6.07) is 13.2. The van der Waals surface area contributed by atoms with E-state index in [1.165, 1.54) is 5.56 Å². The molecule has 0 unspecified atom stereocenters. The summed E-state index contributed by atoms with van der Waals surface area (Å²) in [4.78, 5) is 2.38. The van der Waals surface area contributed by atoms with Crippen LogP contribution in [0.2, 0.25) is 0 Å². The molecule has 3 rings (SSSR count). The Morgan fingerprint density at radius 1 is 1.44 bits per heavy atom. The number of fused-ring (bicyclic) bond motifs is 1. The maximum Gasteiger partial charge on any atom is 0.170 e. The van der Waals surface area contributed by atoms with E-state index in [9.17, 15) is 5.26 Å². The highest BCUT2D eigenvalue weighted by Crippen LogP contribution is 2.41. The van der Waals surface area contributed by atoms with E-state index in [1.807, 2.05) is 6.07 Å². The molecule has 1 aromatic rings. The smallest absolute Gasteiger partial charge is 0.170 e. The van der Waals surface area contributed by atoms with Gasteiger partial charge >= 0.3 is 0 Å². The SMILES string of the molecule is C[C@@H](c1ccccc1)N1C[C@H]2CCO[C@@]2(C#N)C1. The first-order chi connectivity index (χ1) is 8.75. The van der Waals surface area contributed by atoms with Crippen molar-refractivity contribution in [2.75, 3.05) is 19.7 Å². The molecule has 2 heterocycles. The van der Waals surface area contributed by atoms with Crippen LogP contribution in [0.1, 0.15) is 24.9 Å². The minimum Gasteiger partial charge on any atom is -0.358 e. The summed E-state index contributed by atoms with van der Waals surface area (Å²) >= 11 is 0. The first-order valence-electron chi connectivity index (χ1n) is 6.59. The molecule has 0 spiro atoms. The zero-order chi connectivity index (χ0) is 12.6. The first-order valence-corrected chi connectivity index (χ1v) is 6.59. The van der Waals surface area contributed by atoms with Gasteiger partial charge in [-0.15, -0.1) is 0 Å². The van der Waals surface area contributed by atoms with Crippen molar-refractivity contribution >= 4 is 0 Å². The first kappa shape index (κ1) is 11.7. The largest absolute Gasteiger partial charge is 0.358 e. The van der Waals surface area contributed by atoms with Crippen molar-refractivity contribution in [3.63, 3.8) is 0 Å². The predicted molar refractivity (Wildman–Crippen MR) is 68.8 cm³/mol. The van der Waals surface area contributed by atoms with Gasteiger partial charge in [-0.05, 0) is 18.9 Å². The van der Waals surface area contributed by atoms with Gasteiger partial charge in [0.15, 0.2) is 5.60 Å². The fourth-order valence-electron chi connectivity index (χ4n) is 3.19. The Kier molecular flexibility index (Phi) is 2.85. The van der Waals surface area contributed by atoms with Gasteiger partial charge in [-0.1, -0.05) is 30.3 Å². The highest BCUT2D eigenvalue weighted by atomic mass is 16.5. The van der Waals surface area contributed by atoms with Crippen LogP contribution in [-0.4, -0.2) is 30.2 Å². The van der Waals surface area contributed by atoms with E-state index in [2.05, 4.69) is 42.2 Å². The lowest BCUT2D eigenvalue weighted by molar-refractivity contribution is 0.0376. The van der Waals surface area contributed by atoms with Crippen LogP contribution in [0.3, 0.4) is 0 Å². The third-order valence-corrected chi connectivity index (χ3v) is 4.40. The molecule has 2 fully saturated rings. The van der Waals surface area contributed by atoms with Gasteiger partial charge in [-0.2, -0.15) is 5.26 Å². The third kappa shape index (κ3) is 1.73. The Labute approximate surface area is 108 Å². The summed E-state index contributed by atoms with van der Waals surface area (Å²) in [5.74, 6) is 0.383. The molecule has 1 aromatic carbocycles. The van der Waals surface area contributed by atoms with Crippen LogP contribution in [0, 0.1) is 17.2 Å². The van der Waals surface area contributed by atoms with E-state index in [0.29, 0.717) is 12.0 Å². The molecule has 0 N–H and O–H groups in total. The van der Waals surface area contributed by atoms with Crippen LogP contribution in [0.15, 0.2) is 30.3 Å². The zero-order valence-electron chi connectivity index (χ0n) is 10.7. The zero-order valence-corrected chi connectivity index (χ0v) is 10.7. The summed E-state index contributed by atoms with van der Waals surface area (Å²) in [5, 5.41) is 9.40. The van der Waals surface area contributed by atoms with Gasteiger partial charge in [0.2, 0.25) is 0 Å². The molecule has 2 aliphatic rings. The number of likely N-dealkylation sites (tertiary alicyclic amines) is 1. The monoisotopic (exact) mass is 242 g/mol. The van der Waals surface area contributed by atoms with Crippen LogP contribution in [0.25, 0.3) is 0 Å². The van der Waals surface area contributed by atoms with Crippen LogP contribution >= 0.6 is 0 Å². The highest BCUT2D eigenvalue weighted by Gasteiger charge is 2.52. The Morgan fingerprint density at radius 3 is 2.89 bits per heavy atom. The van der Waals surface area contributed by atoms with Crippen LogP contribution < -0.4 is 0 Å². The minimum atomic E-state index is -0.539. The summed E-state index contributed by atoms with van der Waals surface area (Å²) in [5.41, 5.74) is 0.772. The number of rotatable bonds is 2. The molecule has 0 aliphatic carbocycles. The maximum atomic E-state index is 9.40. The molecule has 3 heteroatoms. The van der Waals surface area contributed by atoms with Crippen LogP contribution in [0.5, 0.6) is 0 Å². The highest BCUT2D eigenvalue weighted by molar-refractivity contribution is 5.21. The van der Waals surface area contributed by atoms with E-state index in [0.717, 1.165) is 26.1 Å². The number of nitriles is 1. The molecule has 3 nitrogen and oxygen atoms in total. The maximum absolute atomic E-state index is 9.40.